The quantitative estimate of drug-likeness (QED) is 0.402. The molecule has 0 bridgehead atoms. The Balaban J connectivity index is 3.05. The molecule has 0 atom stereocenters. The van der Waals surface area contributed by atoms with Gasteiger partial charge in [0.25, 0.3) is 5.84 Å². The fourth-order valence-corrected chi connectivity index (χ4v) is 1.07. The van der Waals surface area contributed by atoms with Crippen LogP contribution < -0.4 is 5.73 Å². The lowest BCUT2D eigenvalue weighted by atomic mass is 10.1. The van der Waals surface area contributed by atoms with Crippen LogP contribution in [0.1, 0.15) is 18.1 Å². The third-order valence-corrected chi connectivity index (χ3v) is 2.15. The number of hydrogen-bond donors (Lipinski definition) is 2. The summed E-state index contributed by atoms with van der Waals surface area (Å²) >= 11 is 0. The van der Waals surface area contributed by atoms with E-state index in [1.54, 1.807) is 42.8 Å². The summed E-state index contributed by atoms with van der Waals surface area (Å²) in [5.74, 6) is 0.879. The van der Waals surface area contributed by atoms with E-state index in [0.29, 0.717) is 17.2 Å². The molecule has 4 heteroatoms. The molecule has 0 aromatic heterocycles. The van der Waals surface area contributed by atoms with Crippen molar-refractivity contribution < 1.29 is 4.58 Å². The lowest BCUT2D eigenvalue weighted by Crippen LogP contribution is -2.27. The Morgan fingerprint density at radius 1 is 1.40 bits per heavy atom. The maximum atomic E-state index is 8.63. The number of nitrogens with two attached hydrogens (primary N) is 1. The molecule has 0 heterocycles. The first-order chi connectivity index (χ1) is 7.06. The number of nitrogens with zero attached hydrogens (tertiary/aromatic N) is 2. The lowest BCUT2D eigenvalue weighted by Gasteiger charge is -2.03. The minimum Gasteiger partial charge on any atom is -0.322 e. The smallest absolute Gasteiger partial charge is 0.261 e. The number of benzene rings is 1. The minimum atomic E-state index is 0.319. The van der Waals surface area contributed by atoms with Crippen LogP contribution in [-0.2, 0) is 0 Å². The summed E-state index contributed by atoms with van der Waals surface area (Å²) in [6, 6.07) is 8.87. The molecule has 0 aliphatic carbocycles. The molecule has 76 valence electrons. The summed E-state index contributed by atoms with van der Waals surface area (Å²) in [6.07, 6.45) is 0. The van der Waals surface area contributed by atoms with Crippen LogP contribution in [0.3, 0.4) is 0 Å². The number of rotatable bonds is 1. The molecule has 3 N–H and O–H groups in total. The Hall–Kier alpha value is -2.15. The summed E-state index contributed by atoms with van der Waals surface area (Å²) < 4.78 is 1.58. The molecule has 0 saturated carbocycles. The zero-order valence-corrected chi connectivity index (χ0v) is 8.78. The molecule has 0 spiro atoms. The first kappa shape index (κ1) is 10.9. The van der Waals surface area contributed by atoms with Gasteiger partial charge in [0.1, 0.15) is 0 Å². The van der Waals surface area contributed by atoms with E-state index >= 15 is 0 Å². The van der Waals surface area contributed by atoms with Gasteiger partial charge in [0.15, 0.2) is 5.84 Å². The van der Waals surface area contributed by atoms with Gasteiger partial charge in [0, 0.05) is 6.92 Å². The molecule has 0 aliphatic heterocycles. The molecule has 4 nitrogen and oxygen atoms in total. The Bertz CT molecular complexity index is 444. The van der Waals surface area contributed by atoms with Gasteiger partial charge < -0.3 is 5.73 Å². The normalized spacial score (nSPS) is 11.5. The van der Waals surface area contributed by atoms with Crippen molar-refractivity contribution in [1.29, 1.82) is 10.7 Å². The highest BCUT2D eigenvalue weighted by molar-refractivity contribution is 5.93. The fourth-order valence-electron chi connectivity index (χ4n) is 1.07. The zero-order chi connectivity index (χ0) is 11.4. The molecule has 15 heavy (non-hydrogen) atoms. The first-order valence-corrected chi connectivity index (χ1v) is 4.48. The van der Waals surface area contributed by atoms with E-state index in [9.17, 15) is 0 Å². The zero-order valence-electron chi connectivity index (χ0n) is 8.78. The van der Waals surface area contributed by atoms with Crippen LogP contribution in [-0.4, -0.2) is 23.3 Å². The number of nitriles is 1. The van der Waals surface area contributed by atoms with Crippen molar-refractivity contribution in [2.24, 2.45) is 5.73 Å². The van der Waals surface area contributed by atoms with Crippen LogP contribution >= 0.6 is 0 Å². The maximum Gasteiger partial charge on any atom is 0.261 e. The minimum absolute atomic E-state index is 0.319. The first-order valence-electron chi connectivity index (χ1n) is 4.48. The number of nitrogens with one attached hydrogen (secondary N) is 1. The van der Waals surface area contributed by atoms with Gasteiger partial charge in [-0.3, -0.25) is 0 Å². The molecule has 0 radical (unpaired) electrons. The van der Waals surface area contributed by atoms with Crippen LogP contribution in [0.2, 0.25) is 0 Å². The van der Waals surface area contributed by atoms with E-state index in [0.717, 1.165) is 5.56 Å². The molecular weight excluding hydrogens is 188 g/mol. The van der Waals surface area contributed by atoms with Gasteiger partial charge in [-0.2, -0.15) is 10.7 Å². The maximum absolute atomic E-state index is 8.63. The Morgan fingerprint density at radius 2 is 1.93 bits per heavy atom. The molecule has 1 rings (SSSR count). The Kier molecular flexibility index (Phi) is 3.19. The second kappa shape index (κ2) is 4.38. The fraction of sp³-hybridized carbons (Fsp3) is 0.182. The van der Waals surface area contributed by atoms with Crippen molar-refractivity contribution in [3.8, 4) is 6.07 Å². The van der Waals surface area contributed by atoms with E-state index in [2.05, 4.69) is 0 Å². The summed E-state index contributed by atoms with van der Waals surface area (Å²) in [6.45, 7) is 1.73. The third kappa shape index (κ3) is 2.41. The summed E-state index contributed by atoms with van der Waals surface area (Å²) in [5, 5.41) is 16.5. The number of hydrogen-bond acceptors (Lipinski definition) is 2. The van der Waals surface area contributed by atoms with E-state index in [-0.39, 0.29) is 0 Å². The molecular formula is C11H13N4+. The van der Waals surface area contributed by atoms with Crippen LogP contribution in [0, 0.1) is 16.7 Å². The third-order valence-electron chi connectivity index (χ3n) is 2.15. The highest BCUT2D eigenvalue weighted by Crippen LogP contribution is 2.04. The molecule has 0 saturated heterocycles. The van der Waals surface area contributed by atoms with E-state index in [4.69, 9.17) is 16.4 Å². The van der Waals surface area contributed by atoms with Crippen LogP contribution in [0.5, 0.6) is 0 Å². The largest absolute Gasteiger partial charge is 0.322 e. The van der Waals surface area contributed by atoms with Gasteiger partial charge in [-0.1, -0.05) is 0 Å². The Morgan fingerprint density at radius 3 is 2.33 bits per heavy atom. The highest BCUT2D eigenvalue weighted by atomic mass is 15.1. The molecule has 1 aromatic rings. The lowest BCUT2D eigenvalue weighted by molar-refractivity contribution is -0.372. The number of amidine groups is 2. The predicted molar refractivity (Wildman–Crippen MR) is 59.0 cm³/mol. The van der Waals surface area contributed by atoms with Crippen molar-refractivity contribution in [3.05, 3.63) is 35.4 Å². The van der Waals surface area contributed by atoms with Crippen molar-refractivity contribution in [2.45, 2.75) is 6.92 Å². The van der Waals surface area contributed by atoms with Crippen LogP contribution in [0.15, 0.2) is 24.3 Å². The summed E-state index contributed by atoms with van der Waals surface area (Å²) in [7, 11) is 1.73. The van der Waals surface area contributed by atoms with E-state index in [1.807, 2.05) is 6.07 Å². The molecule has 0 aliphatic rings. The molecule has 0 unspecified atom stereocenters. The second-order valence-corrected chi connectivity index (χ2v) is 3.24. The summed E-state index contributed by atoms with van der Waals surface area (Å²) in [4.78, 5) is 0. The van der Waals surface area contributed by atoms with Crippen LogP contribution in [0.25, 0.3) is 0 Å². The van der Waals surface area contributed by atoms with Gasteiger partial charge in [-0.15, -0.1) is 0 Å². The molecule has 0 amide bonds. The van der Waals surface area contributed by atoms with Crippen LogP contribution in [0.4, 0.5) is 0 Å². The highest BCUT2D eigenvalue weighted by Gasteiger charge is 2.09. The topological polar surface area (TPSA) is 76.7 Å². The van der Waals surface area contributed by atoms with Crippen molar-refractivity contribution >= 4 is 11.7 Å². The SMILES string of the molecule is CC(N)=[N+](C)C(=N)c1ccc(C#N)cc1. The van der Waals surface area contributed by atoms with Crippen molar-refractivity contribution in [3.63, 3.8) is 0 Å². The average Bonchev–Trinajstić information content (AvgIpc) is 2.27. The van der Waals surface area contributed by atoms with Crippen molar-refractivity contribution in [1.82, 2.24) is 0 Å². The molecule has 0 fully saturated rings. The van der Waals surface area contributed by atoms with E-state index < -0.39 is 0 Å². The van der Waals surface area contributed by atoms with Gasteiger partial charge in [-0.25, -0.2) is 4.58 Å². The standard InChI is InChI=1S/C11H12N4/c1-8(13)15(2)11(14)10-5-3-9(7-12)4-6-10/h3-6,13-14H,1-2H3/p+1. The monoisotopic (exact) mass is 201 g/mol. The van der Waals surface area contributed by atoms with Gasteiger partial charge in [0.05, 0.1) is 24.2 Å². The average molecular weight is 201 g/mol. The Labute approximate surface area is 88.8 Å². The predicted octanol–water partition coefficient (Wildman–Crippen LogP) is 0.903. The van der Waals surface area contributed by atoms with Gasteiger partial charge in [0.2, 0.25) is 0 Å². The molecule has 1 aromatic carbocycles. The van der Waals surface area contributed by atoms with Gasteiger partial charge in [-0.05, 0) is 24.3 Å². The van der Waals surface area contributed by atoms with Gasteiger partial charge >= 0.3 is 0 Å². The van der Waals surface area contributed by atoms with Crippen molar-refractivity contribution in [2.75, 3.05) is 7.05 Å². The second-order valence-electron chi connectivity index (χ2n) is 3.24. The summed E-state index contributed by atoms with van der Waals surface area (Å²) in [5.41, 5.74) is 6.90. The van der Waals surface area contributed by atoms with E-state index in [1.165, 1.54) is 0 Å².